The van der Waals surface area contributed by atoms with Crippen molar-refractivity contribution in [1.82, 2.24) is 0 Å². The van der Waals surface area contributed by atoms with Crippen molar-refractivity contribution in [2.75, 3.05) is 30.4 Å². The largest absolute Gasteiger partial charge is 0.465 e. The second-order valence-corrected chi connectivity index (χ2v) is 7.87. The van der Waals surface area contributed by atoms with Gasteiger partial charge in [0.15, 0.2) is 0 Å². The van der Waals surface area contributed by atoms with Gasteiger partial charge in [-0.3, -0.25) is 9.10 Å². The summed E-state index contributed by atoms with van der Waals surface area (Å²) >= 11 is 0. The maximum Gasteiger partial charge on any atom is 0.340 e. The third-order valence-electron chi connectivity index (χ3n) is 4.44. The average Bonchev–Trinajstić information content (AvgIpc) is 2.93. The highest BCUT2D eigenvalue weighted by Crippen LogP contribution is 2.32. The van der Waals surface area contributed by atoms with Gasteiger partial charge in [-0.2, -0.15) is 0 Å². The van der Waals surface area contributed by atoms with Crippen LogP contribution in [0.2, 0.25) is 0 Å². The van der Waals surface area contributed by atoms with E-state index in [0.29, 0.717) is 11.3 Å². The van der Waals surface area contributed by atoms with Crippen molar-refractivity contribution in [3.05, 3.63) is 53.6 Å². The van der Waals surface area contributed by atoms with Gasteiger partial charge in [0.2, 0.25) is 5.91 Å². The van der Waals surface area contributed by atoms with E-state index in [1.165, 1.54) is 43.3 Å². The Balaban J connectivity index is 2.04. The van der Waals surface area contributed by atoms with Crippen LogP contribution >= 0.6 is 0 Å². The zero-order valence-electron chi connectivity index (χ0n) is 14.6. The van der Waals surface area contributed by atoms with E-state index in [1.807, 2.05) is 0 Å². The number of ether oxygens (including phenoxy) is 1. The van der Waals surface area contributed by atoms with E-state index < -0.39 is 16.0 Å². The van der Waals surface area contributed by atoms with Crippen molar-refractivity contribution in [3.63, 3.8) is 0 Å². The number of sulfonamides is 1. The number of benzene rings is 2. The van der Waals surface area contributed by atoms with Crippen molar-refractivity contribution < 1.29 is 22.7 Å². The molecule has 0 atom stereocenters. The molecule has 0 saturated heterocycles. The van der Waals surface area contributed by atoms with Crippen LogP contribution in [-0.2, 0) is 26.0 Å². The Labute approximate surface area is 151 Å². The minimum atomic E-state index is -3.92. The first-order valence-electron chi connectivity index (χ1n) is 7.83. The summed E-state index contributed by atoms with van der Waals surface area (Å²) in [4.78, 5) is 25.3. The first kappa shape index (κ1) is 17.9. The molecule has 136 valence electrons. The van der Waals surface area contributed by atoms with Gasteiger partial charge in [0.25, 0.3) is 10.0 Å². The smallest absolute Gasteiger partial charge is 0.340 e. The van der Waals surface area contributed by atoms with Crippen LogP contribution in [0.15, 0.2) is 47.4 Å². The lowest BCUT2D eigenvalue weighted by molar-refractivity contribution is -0.117. The Morgan fingerprint density at radius 2 is 1.88 bits per heavy atom. The van der Waals surface area contributed by atoms with Gasteiger partial charge < -0.3 is 9.64 Å². The van der Waals surface area contributed by atoms with E-state index in [4.69, 9.17) is 4.74 Å². The van der Waals surface area contributed by atoms with Crippen LogP contribution in [0.4, 0.5) is 11.4 Å². The summed E-state index contributed by atoms with van der Waals surface area (Å²) in [7, 11) is 0.351. The maximum absolute atomic E-state index is 13.0. The zero-order chi connectivity index (χ0) is 19.1. The second kappa shape index (κ2) is 6.45. The molecular formula is C18H18N2O5S. The van der Waals surface area contributed by atoms with Crippen LogP contribution in [0.3, 0.4) is 0 Å². The van der Waals surface area contributed by atoms with Crippen molar-refractivity contribution in [1.29, 1.82) is 0 Å². The van der Waals surface area contributed by atoms with E-state index in [0.717, 1.165) is 4.31 Å². The fourth-order valence-electron chi connectivity index (χ4n) is 2.93. The van der Waals surface area contributed by atoms with Gasteiger partial charge in [-0.15, -0.1) is 0 Å². The lowest BCUT2D eigenvalue weighted by Crippen LogP contribution is -2.28. The third kappa shape index (κ3) is 2.82. The number of para-hydroxylation sites is 1. The molecule has 0 saturated carbocycles. The van der Waals surface area contributed by atoms with Crippen LogP contribution in [0, 0.1) is 0 Å². The molecule has 0 N–H and O–H groups in total. The number of amides is 1. The quantitative estimate of drug-likeness (QED) is 0.762. The highest BCUT2D eigenvalue weighted by atomic mass is 32.2. The van der Waals surface area contributed by atoms with Gasteiger partial charge in [0.05, 0.1) is 29.7 Å². The number of rotatable bonds is 4. The summed E-state index contributed by atoms with van der Waals surface area (Å²) in [6, 6.07) is 10.9. The standard InChI is InChI=1S/C18H18N2O5S/c1-19-15-9-8-13(10-12(15)11-17(19)21)26(23,24)20(2)16-7-5-4-6-14(16)18(22)25-3/h4-10H,11H2,1-3H3. The van der Waals surface area contributed by atoms with Crippen molar-refractivity contribution in [3.8, 4) is 0 Å². The maximum atomic E-state index is 13.0. The molecule has 0 radical (unpaired) electrons. The van der Waals surface area contributed by atoms with Crippen LogP contribution in [0.1, 0.15) is 15.9 Å². The normalized spacial score (nSPS) is 13.5. The Bertz CT molecular complexity index is 1000. The minimum absolute atomic E-state index is 0.0570. The lowest BCUT2D eigenvalue weighted by atomic mass is 10.2. The molecule has 0 spiro atoms. The minimum Gasteiger partial charge on any atom is -0.465 e. The summed E-state index contributed by atoms with van der Waals surface area (Å²) in [6.45, 7) is 0. The molecule has 26 heavy (non-hydrogen) atoms. The molecule has 0 unspecified atom stereocenters. The number of fused-ring (bicyclic) bond motifs is 1. The number of nitrogens with zero attached hydrogens (tertiary/aromatic N) is 2. The Morgan fingerprint density at radius 1 is 1.19 bits per heavy atom. The molecule has 1 heterocycles. The fraction of sp³-hybridized carbons (Fsp3) is 0.222. The summed E-state index contributed by atoms with van der Waals surface area (Å²) in [5.74, 6) is -0.706. The van der Waals surface area contributed by atoms with Gasteiger partial charge in [0.1, 0.15) is 0 Å². The predicted octanol–water partition coefficient (Wildman–Crippen LogP) is 1.82. The number of anilines is 2. The Kier molecular flexibility index (Phi) is 4.45. The third-order valence-corrected chi connectivity index (χ3v) is 6.20. The molecular weight excluding hydrogens is 356 g/mol. The van der Waals surface area contributed by atoms with Gasteiger partial charge in [-0.05, 0) is 35.9 Å². The molecule has 1 amide bonds. The van der Waals surface area contributed by atoms with Crippen molar-refractivity contribution >= 4 is 33.3 Å². The highest BCUT2D eigenvalue weighted by Gasteiger charge is 2.29. The van der Waals surface area contributed by atoms with E-state index in [2.05, 4.69) is 0 Å². The topological polar surface area (TPSA) is 84.0 Å². The first-order chi connectivity index (χ1) is 12.3. The highest BCUT2D eigenvalue weighted by molar-refractivity contribution is 7.92. The molecule has 3 rings (SSSR count). The summed E-state index contributed by atoms with van der Waals surface area (Å²) in [6.07, 6.45) is 0.164. The monoisotopic (exact) mass is 374 g/mol. The summed E-state index contributed by atoms with van der Waals surface area (Å²) in [5.41, 5.74) is 1.73. The number of hydrogen-bond donors (Lipinski definition) is 0. The number of carbonyl (C=O) groups is 2. The molecule has 1 aliphatic rings. The van der Waals surface area contributed by atoms with E-state index >= 15 is 0 Å². The second-order valence-electron chi connectivity index (χ2n) is 5.90. The molecule has 0 aliphatic carbocycles. The molecule has 0 bridgehead atoms. The Hall–Kier alpha value is -2.87. The first-order valence-corrected chi connectivity index (χ1v) is 9.27. The van der Waals surface area contributed by atoms with Crippen LogP contribution in [0.25, 0.3) is 0 Å². The molecule has 7 nitrogen and oxygen atoms in total. The van der Waals surface area contributed by atoms with Crippen molar-refractivity contribution in [2.24, 2.45) is 0 Å². The van der Waals surface area contributed by atoms with Gasteiger partial charge >= 0.3 is 5.97 Å². The van der Waals surface area contributed by atoms with Crippen molar-refractivity contribution in [2.45, 2.75) is 11.3 Å². The lowest BCUT2D eigenvalue weighted by Gasteiger charge is -2.22. The van der Waals surface area contributed by atoms with Gasteiger partial charge in [-0.25, -0.2) is 13.2 Å². The molecule has 2 aromatic rings. The molecule has 0 fully saturated rings. The summed E-state index contributed by atoms with van der Waals surface area (Å²) < 4.78 is 31.8. The number of methoxy groups -OCH3 is 1. The molecule has 1 aliphatic heterocycles. The number of esters is 1. The zero-order valence-corrected chi connectivity index (χ0v) is 15.4. The molecule has 8 heteroatoms. The number of likely N-dealkylation sites (N-methyl/N-ethyl adjacent to an activating group) is 1. The van der Waals surface area contributed by atoms with Gasteiger partial charge in [0, 0.05) is 19.8 Å². The van der Waals surface area contributed by atoms with E-state index in [9.17, 15) is 18.0 Å². The van der Waals surface area contributed by atoms with E-state index in [-0.39, 0.29) is 28.5 Å². The van der Waals surface area contributed by atoms with Crippen LogP contribution in [-0.4, -0.2) is 41.5 Å². The Morgan fingerprint density at radius 3 is 2.58 bits per heavy atom. The summed E-state index contributed by atoms with van der Waals surface area (Å²) in [5, 5.41) is 0. The van der Waals surface area contributed by atoms with E-state index in [1.54, 1.807) is 25.2 Å². The molecule has 0 aromatic heterocycles. The number of hydrogen-bond acceptors (Lipinski definition) is 5. The number of carbonyl (C=O) groups excluding carboxylic acids is 2. The van der Waals surface area contributed by atoms with Gasteiger partial charge in [-0.1, -0.05) is 12.1 Å². The van der Waals surface area contributed by atoms with Crippen LogP contribution in [0.5, 0.6) is 0 Å². The molecule has 2 aromatic carbocycles. The predicted molar refractivity (Wildman–Crippen MR) is 96.9 cm³/mol. The fourth-order valence-corrected chi connectivity index (χ4v) is 4.19. The SMILES string of the molecule is COC(=O)c1ccccc1N(C)S(=O)(=O)c1ccc2c(c1)CC(=O)N2C. The van der Waals surface area contributed by atoms with Crippen LogP contribution < -0.4 is 9.21 Å². The average molecular weight is 374 g/mol.